The summed E-state index contributed by atoms with van der Waals surface area (Å²) < 4.78 is 26.9. The molecule has 0 saturated heterocycles. The van der Waals surface area contributed by atoms with Crippen LogP contribution in [0.2, 0.25) is 0 Å². The summed E-state index contributed by atoms with van der Waals surface area (Å²) in [5, 5.41) is 3.59. The Morgan fingerprint density at radius 2 is 1.96 bits per heavy atom. The van der Waals surface area contributed by atoms with Crippen molar-refractivity contribution in [3.05, 3.63) is 43.2 Å². The monoisotopic (exact) mass is 373 g/mol. The van der Waals surface area contributed by atoms with Crippen LogP contribution in [0, 0.1) is 0 Å². The van der Waals surface area contributed by atoms with Gasteiger partial charge in [-0.05, 0) is 6.92 Å². The topological polar surface area (TPSA) is 88.4 Å². The lowest BCUT2D eigenvalue weighted by Crippen LogP contribution is -2.36. The molecular formula is C14H20ClN5O3S. The molecule has 1 aromatic heterocycles. The SMILES string of the molecule is C=CCN(CC=C)S(=O)(=O)c1ncn(C(=O)N(CC)CC(=C)Cl)n1. The predicted molar refractivity (Wildman–Crippen MR) is 92.2 cm³/mol. The summed E-state index contributed by atoms with van der Waals surface area (Å²) in [4.78, 5) is 17.4. The lowest BCUT2D eigenvalue weighted by atomic mass is 10.5. The molecule has 1 heterocycles. The van der Waals surface area contributed by atoms with E-state index in [0.717, 1.165) is 15.3 Å². The number of nitrogens with zero attached hydrogens (tertiary/aromatic N) is 5. The fourth-order valence-corrected chi connectivity index (χ4v) is 3.15. The smallest absolute Gasteiger partial charge is 0.318 e. The number of carbonyl (C=O) groups excluding carboxylic acids is 1. The third kappa shape index (κ3) is 4.76. The van der Waals surface area contributed by atoms with Crippen LogP contribution in [0.25, 0.3) is 0 Å². The van der Waals surface area contributed by atoms with Gasteiger partial charge in [0.1, 0.15) is 6.33 Å². The molecule has 10 heteroatoms. The second kappa shape index (κ2) is 8.76. The van der Waals surface area contributed by atoms with Crippen molar-refractivity contribution >= 4 is 27.7 Å². The summed E-state index contributed by atoms with van der Waals surface area (Å²) in [5.41, 5.74) is 0. The number of halogens is 1. The highest BCUT2D eigenvalue weighted by atomic mass is 35.5. The van der Waals surface area contributed by atoms with E-state index in [1.165, 1.54) is 17.1 Å². The van der Waals surface area contributed by atoms with Gasteiger partial charge in [0.05, 0.1) is 6.54 Å². The maximum Gasteiger partial charge on any atom is 0.346 e. The van der Waals surface area contributed by atoms with Crippen LogP contribution in [0.15, 0.2) is 48.4 Å². The fraction of sp³-hybridized carbons (Fsp3) is 0.357. The zero-order valence-electron chi connectivity index (χ0n) is 13.4. The Kier molecular flexibility index (Phi) is 7.33. The van der Waals surface area contributed by atoms with Gasteiger partial charge in [0.25, 0.3) is 15.2 Å². The van der Waals surface area contributed by atoms with E-state index >= 15 is 0 Å². The molecule has 0 spiro atoms. The lowest BCUT2D eigenvalue weighted by Gasteiger charge is -2.19. The van der Waals surface area contributed by atoms with Crippen molar-refractivity contribution in [1.29, 1.82) is 0 Å². The molecule has 0 aromatic carbocycles. The van der Waals surface area contributed by atoms with Crippen LogP contribution in [-0.2, 0) is 10.0 Å². The molecule has 1 rings (SSSR count). The molecule has 8 nitrogen and oxygen atoms in total. The number of aromatic nitrogens is 3. The van der Waals surface area contributed by atoms with Crippen LogP contribution in [0.3, 0.4) is 0 Å². The molecule has 1 amide bonds. The van der Waals surface area contributed by atoms with Gasteiger partial charge < -0.3 is 4.90 Å². The first kappa shape index (κ1) is 20.1. The molecule has 0 N–H and O–H groups in total. The van der Waals surface area contributed by atoms with Gasteiger partial charge in [-0.25, -0.2) is 18.2 Å². The van der Waals surface area contributed by atoms with Gasteiger partial charge >= 0.3 is 6.03 Å². The molecule has 0 aliphatic carbocycles. The number of hydrogen-bond donors (Lipinski definition) is 0. The summed E-state index contributed by atoms with van der Waals surface area (Å²) in [6.45, 7) is 12.9. The first-order valence-corrected chi connectivity index (χ1v) is 8.85. The summed E-state index contributed by atoms with van der Waals surface area (Å²) in [5.74, 6) is 0. The molecule has 0 aliphatic heterocycles. The number of amides is 1. The first-order chi connectivity index (χ1) is 11.3. The Morgan fingerprint density at radius 3 is 2.42 bits per heavy atom. The Bertz CT molecular complexity index is 719. The molecule has 24 heavy (non-hydrogen) atoms. The third-order valence-electron chi connectivity index (χ3n) is 2.92. The van der Waals surface area contributed by atoms with E-state index in [9.17, 15) is 13.2 Å². The highest BCUT2D eigenvalue weighted by molar-refractivity contribution is 7.89. The van der Waals surface area contributed by atoms with E-state index in [2.05, 4.69) is 29.8 Å². The molecule has 0 saturated carbocycles. The first-order valence-electron chi connectivity index (χ1n) is 7.04. The van der Waals surface area contributed by atoms with Crippen LogP contribution in [0.5, 0.6) is 0 Å². The number of hydrogen-bond acceptors (Lipinski definition) is 5. The molecule has 0 atom stereocenters. The molecule has 132 valence electrons. The average molecular weight is 374 g/mol. The van der Waals surface area contributed by atoms with Crippen molar-refractivity contribution in [3.63, 3.8) is 0 Å². The summed E-state index contributed by atoms with van der Waals surface area (Å²) in [6, 6.07) is -0.549. The van der Waals surface area contributed by atoms with Gasteiger partial charge in [0.2, 0.25) is 0 Å². The van der Waals surface area contributed by atoms with E-state index in [4.69, 9.17) is 11.6 Å². The van der Waals surface area contributed by atoms with Crippen LogP contribution >= 0.6 is 11.6 Å². The normalized spacial score (nSPS) is 11.3. The minimum absolute atomic E-state index is 0.0734. The predicted octanol–water partition coefficient (Wildman–Crippen LogP) is 1.68. The highest BCUT2D eigenvalue weighted by Crippen LogP contribution is 2.11. The maximum atomic E-state index is 12.5. The molecular weight excluding hydrogens is 354 g/mol. The van der Waals surface area contributed by atoms with Crippen LogP contribution < -0.4 is 0 Å². The van der Waals surface area contributed by atoms with E-state index in [1.54, 1.807) is 6.92 Å². The minimum Gasteiger partial charge on any atom is -0.318 e. The van der Waals surface area contributed by atoms with Crippen molar-refractivity contribution in [2.24, 2.45) is 0 Å². The zero-order valence-corrected chi connectivity index (χ0v) is 15.0. The standard InChI is InChI=1S/C14H20ClN5O3S/c1-5-8-19(9-6-2)24(22,23)13-16-11-20(17-13)14(21)18(7-3)10-12(4)15/h5-6,11H,1-2,4,7-10H2,3H3. The summed E-state index contributed by atoms with van der Waals surface area (Å²) >= 11 is 5.72. The number of carbonyl (C=O) groups is 1. The Balaban J connectivity index is 3.10. The average Bonchev–Trinajstić information content (AvgIpc) is 3.02. The van der Waals surface area contributed by atoms with Crippen LogP contribution in [0.4, 0.5) is 4.79 Å². The van der Waals surface area contributed by atoms with Crippen molar-refractivity contribution in [1.82, 2.24) is 24.0 Å². The second-order valence-electron chi connectivity index (χ2n) is 4.69. The van der Waals surface area contributed by atoms with Crippen molar-refractivity contribution < 1.29 is 13.2 Å². The molecule has 0 radical (unpaired) electrons. The van der Waals surface area contributed by atoms with Gasteiger partial charge in [-0.15, -0.1) is 18.3 Å². The Labute approximate surface area is 146 Å². The highest BCUT2D eigenvalue weighted by Gasteiger charge is 2.28. The van der Waals surface area contributed by atoms with Crippen molar-refractivity contribution in [3.8, 4) is 0 Å². The van der Waals surface area contributed by atoms with Gasteiger partial charge in [0, 0.05) is 24.7 Å². The largest absolute Gasteiger partial charge is 0.346 e. The quantitative estimate of drug-likeness (QED) is 0.614. The fourth-order valence-electron chi connectivity index (χ4n) is 1.80. The van der Waals surface area contributed by atoms with Gasteiger partial charge in [-0.2, -0.15) is 8.99 Å². The zero-order chi connectivity index (χ0) is 18.3. The van der Waals surface area contributed by atoms with Crippen LogP contribution in [0.1, 0.15) is 6.92 Å². The van der Waals surface area contributed by atoms with E-state index in [0.29, 0.717) is 6.54 Å². The molecule has 1 aromatic rings. The van der Waals surface area contributed by atoms with E-state index < -0.39 is 21.2 Å². The third-order valence-corrected chi connectivity index (χ3v) is 4.66. The maximum absolute atomic E-state index is 12.5. The molecule has 0 bridgehead atoms. The number of sulfonamides is 1. The summed E-state index contributed by atoms with van der Waals surface area (Å²) in [7, 11) is -3.96. The summed E-state index contributed by atoms with van der Waals surface area (Å²) in [6.07, 6.45) is 3.93. The van der Waals surface area contributed by atoms with E-state index in [-0.39, 0.29) is 24.7 Å². The van der Waals surface area contributed by atoms with Gasteiger partial charge in [-0.1, -0.05) is 30.3 Å². The second-order valence-corrected chi connectivity index (χ2v) is 7.05. The number of likely N-dealkylation sites (N-methyl/N-ethyl adjacent to an activating group) is 1. The Morgan fingerprint density at radius 1 is 1.38 bits per heavy atom. The lowest BCUT2D eigenvalue weighted by molar-refractivity contribution is 0.203. The molecule has 0 fully saturated rings. The van der Waals surface area contributed by atoms with Crippen molar-refractivity contribution in [2.75, 3.05) is 26.2 Å². The Hall–Kier alpha value is -1.97. The van der Waals surface area contributed by atoms with Gasteiger partial charge in [0.15, 0.2) is 0 Å². The minimum atomic E-state index is -3.96. The number of rotatable bonds is 9. The van der Waals surface area contributed by atoms with E-state index in [1.807, 2.05) is 0 Å². The van der Waals surface area contributed by atoms with Gasteiger partial charge in [-0.3, -0.25) is 0 Å². The van der Waals surface area contributed by atoms with Crippen molar-refractivity contribution in [2.45, 2.75) is 12.1 Å². The molecule has 0 aliphatic rings. The molecule has 0 unspecified atom stereocenters. The van der Waals surface area contributed by atoms with Crippen LogP contribution in [-0.4, -0.2) is 64.6 Å².